The lowest BCUT2D eigenvalue weighted by atomic mass is 10.0. The molecule has 1 saturated heterocycles. The van der Waals surface area contributed by atoms with Crippen molar-refractivity contribution in [2.24, 2.45) is 5.92 Å². The van der Waals surface area contributed by atoms with E-state index in [0.29, 0.717) is 13.1 Å². The van der Waals surface area contributed by atoms with Crippen LogP contribution in [-0.4, -0.2) is 35.8 Å². The monoisotopic (exact) mass is 362 g/mol. The number of carbonyl (C=O) groups excluding carboxylic acids is 2. The van der Waals surface area contributed by atoms with Crippen LogP contribution in [0.3, 0.4) is 0 Å². The third-order valence-electron chi connectivity index (χ3n) is 4.30. The van der Waals surface area contributed by atoms with Gasteiger partial charge in [-0.1, -0.05) is 36.8 Å². The summed E-state index contributed by atoms with van der Waals surface area (Å²) >= 11 is 0. The topological polar surface area (TPSA) is 67.9 Å². The molecule has 0 radical (unpaired) electrons. The van der Waals surface area contributed by atoms with E-state index in [1.807, 2.05) is 58.0 Å². The van der Waals surface area contributed by atoms with Gasteiger partial charge in [-0.15, -0.1) is 5.06 Å². The molecule has 1 aromatic carbocycles. The fourth-order valence-corrected chi connectivity index (χ4v) is 2.88. The summed E-state index contributed by atoms with van der Waals surface area (Å²) in [5, 5.41) is 4.50. The first-order valence-corrected chi connectivity index (χ1v) is 9.26. The molecular formula is C20H30N2O4. The van der Waals surface area contributed by atoms with Gasteiger partial charge in [-0.05, 0) is 46.1 Å². The van der Waals surface area contributed by atoms with E-state index in [0.717, 1.165) is 24.8 Å². The molecule has 1 aromatic rings. The van der Waals surface area contributed by atoms with Gasteiger partial charge in [0, 0.05) is 13.1 Å². The summed E-state index contributed by atoms with van der Waals surface area (Å²) in [6.45, 7) is 8.69. The Kier molecular flexibility index (Phi) is 7.03. The van der Waals surface area contributed by atoms with Crippen molar-refractivity contribution in [3.05, 3.63) is 35.9 Å². The lowest BCUT2D eigenvalue weighted by molar-refractivity contribution is -0.179. The van der Waals surface area contributed by atoms with Crippen molar-refractivity contribution in [1.82, 2.24) is 10.4 Å². The third-order valence-corrected chi connectivity index (χ3v) is 4.30. The van der Waals surface area contributed by atoms with E-state index < -0.39 is 11.7 Å². The van der Waals surface area contributed by atoms with E-state index in [-0.39, 0.29) is 17.9 Å². The quantitative estimate of drug-likeness (QED) is 0.747. The summed E-state index contributed by atoms with van der Waals surface area (Å²) < 4.78 is 5.19. The Hall–Kier alpha value is -2.08. The average Bonchev–Trinajstić information content (AvgIpc) is 2.94. The molecule has 0 aromatic heterocycles. The van der Waals surface area contributed by atoms with Crippen molar-refractivity contribution in [3.8, 4) is 0 Å². The highest BCUT2D eigenvalue weighted by Gasteiger charge is 2.35. The predicted octanol–water partition coefficient (Wildman–Crippen LogP) is 3.83. The number of alkyl carbamates (subject to hydrolysis) is 1. The van der Waals surface area contributed by atoms with Crippen molar-refractivity contribution >= 4 is 12.1 Å². The van der Waals surface area contributed by atoms with Crippen LogP contribution in [0.25, 0.3) is 0 Å². The molecule has 2 atom stereocenters. The lowest BCUT2D eigenvalue weighted by Gasteiger charge is -2.21. The highest BCUT2D eigenvalue weighted by molar-refractivity contribution is 5.74. The van der Waals surface area contributed by atoms with Gasteiger partial charge in [0.2, 0.25) is 0 Å². The van der Waals surface area contributed by atoms with Gasteiger partial charge in [-0.2, -0.15) is 0 Å². The Labute approximate surface area is 155 Å². The second-order valence-corrected chi connectivity index (χ2v) is 7.72. The molecule has 26 heavy (non-hydrogen) atoms. The van der Waals surface area contributed by atoms with Crippen LogP contribution in [0.4, 0.5) is 4.79 Å². The molecule has 1 amide bonds. The molecule has 6 nitrogen and oxygen atoms in total. The number of rotatable bonds is 7. The van der Waals surface area contributed by atoms with Crippen LogP contribution in [0.5, 0.6) is 0 Å². The fourth-order valence-electron chi connectivity index (χ4n) is 2.88. The van der Waals surface area contributed by atoms with Crippen molar-refractivity contribution in [2.45, 2.75) is 58.6 Å². The molecule has 0 spiro atoms. The van der Waals surface area contributed by atoms with Crippen LogP contribution in [-0.2, 0) is 14.4 Å². The Balaban J connectivity index is 1.68. The maximum Gasteiger partial charge on any atom is 0.407 e. The summed E-state index contributed by atoms with van der Waals surface area (Å²) in [5.74, 6) is -0.268. The van der Waals surface area contributed by atoms with E-state index in [1.165, 1.54) is 0 Å². The van der Waals surface area contributed by atoms with E-state index >= 15 is 0 Å². The highest BCUT2D eigenvalue weighted by Crippen LogP contribution is 2.28. The molecule has 0 unspecified atom stereocenters. The first kappa shape index (κ1) is 20.2. The minimum absolute atomic E-state index is 0.0407. The van der Waals surface area contributed by atoms with Gasteiger partial charge in [-0.25, -0.2) is 9.59 Å². The van der Waals surface area contributed by atoms with Crippen LogP contribution in [0.15, 0.2) is 30.3 Å². The fraction of sp³-hybridized carbons (Fsp3) is 0.600. The molecule has 6 heteroatoms. The Bertz CT molecular complexity index is 598. The number of amides is 1. The second-order valence-electron chi connectivity index (χ2n) is 7.72. The average molecular weight is 362 g/mol. The van der Waals surface area contributed by atoms with Crippen molar-refractivity contribution < 1.29 is 19.2 Å². The van der Waals surface area contributed by atoms with E-state index in [2.05, 4.69) is 5.32 Å². The van der Waals surface area contributed by atoms with E-state index in [1.54, 1.807) is 5.06 Å². The number of nitrogens with one attached hydrogen (secondary N) is 1. The van der Waals surface area contributed by atoms with Crippen molar-refractivity contribution in [2.75, 3.05) is 13.1 Å². The number of hydrogen-bond acceptors (Lipinski definition) is 5. The maximum atomic E-state index is 12.1. The Morgan fingerprint density at radius 2 is 2.00 bits per heavy atom. The molecule has 0 bridgehead atoms. The summed E-state index contributed by atoms with van der Waals surface area (Å²) in [6, 6.07) is 10.1. The lowest BCUT2D eigenvalue weighted by Crippen LogP contribution is -2.33. The zero-order valence-corrected chi connectivity index (χ0v) is 16.2. The smallest absolute Gasteiger partial charge is 0.407 e. The van der Waals surface area contributed by atoms with Gasteiger partial charge in [-0.3, -0.25) is 0 Å². The SMILES string of the molecule is C[C@@H](c1ccccc1)N1C[C@H](CCCCNC(=O)OC(C)(C)C)C(=O)O1. The zero-order valence-electron chi connectivity index (χ0n) is 16.2. The number of hydroxylamine groups is 2. The van der Waals surface area contributed by atoms with Gasteiger partial charge in [0.25, 0.3) is 0 Å². The molecule has 144 valence electrons. The number of hydrogen-bond donors (Lipinski definition) is 1. The van der Waals surface area contributed by atoms with E-state index in [4.69, 9.17) is 9.57 Å². The minimum Gasteiger partial charge on any atom is -0.444 e. The molecule has 1 aliphatic heterocycles. The minimum atomic E-state index is -0.489. The molecule has 1 N–H and O–H groups in total. The number of unbranched alkanes of at least 4 members (excludes halogenated alkanes) is 1. The van der Waals surface area contributed by atoms with E-state index in [9.17, 15) is 9.59 Å². The number of benzene rings is 1. The molecule has 1 aliphatic rings. The number of ether oxygens (including phenoxy) is 1. The zero-order chi connectivity index (χ0) is 19.2. The summed E-state index contributed by atoms with van der Waals surface area (Å²) in [6.07, 6.45) is 2.01. The van der Waals surface area contributed by atoms with Gasteiger partial charge in [0.05, 0.1) is 12.0 Å². The molecule has 0 saturated carbocycles. The predicted molar refractivity (Wildman–Crippen MR) is 99.2 cm³/mol. The van der Waals surface area contributed by atoms with Crippen LogP contribution in [0.2, 0.25) is 0 Å². The maximum absolute atomic E-state index is 12.1. The molecule has 1 heterocycles. The Morgan fingerprint density at radius 3 is 2.65 bits per heavy atom. The van der Waals surface area contributed by atoms with Gasteiger partial charge < -0.3 is 14.9 Å². The Morgan fingerprint density at radius 1 is 1.31 bits per heavy atom. The van der Waals surface area contributed by atoms with Crippen LogP contribution >= 0.6 is 0 Å². The summed E-state index contributed by atoms with van der Waals surface area (Å²) in [5.41, 5.74) is 0.638. The molecule has 0 aliphatic carbocycles. The third kappa shape index (κ3) is 6.33. The van der Waals surface area contributed by atoms with Gasteiger partial charge >= 0.3 is 12.1 Å². The largest absolute Gasteiger partial charge is 0.444 e. The molecular weight excluding hydrogens is 332 g/mol. The van der Waals surface area contributed by atoms with Gasteiger partial charge in [0.15, 0.2) is 0 Å². The van der Waals surface area contributed by atoms with Gasteiger partial charge in [0.1, 0.15) is 5.60 Å². The first-order valence-electron chi connectivity index (χ1n) is 9.26. The number of nitrogens with zero attached hydrogens (tertiary/aromatic N) is 1. The van der Waals surface area contributed by atoms with Crippen LogP contribution in [0, 0.1) is 5.92 Å². The van der Waals surface area contributed by atoms with Crippen molar-refractivity contribution in [3.63, 3.8) is 0 Å². The normalized spacial score (nSPS) is 19.1. The van der Waals surface area contributed by atoms with Crippen LogP contribution in [0.1, 0.15) is 58.6 Å². The second kappa shape index (κ2) is 9.03. The molecule has 1 fully saturated rings. The summed E-state index contributed by atoms with van der Waals surface area (Å²) in [4.78, 5) is 29.1. The molecule has 2 rings (SSSR count). The standard InChI is InChI=1S/C20H30N2O4/c1-15(16-10-6-5-7-11-16)22-14-17(18(23)26-22)12-8-9-13-21-19(24)25-20(2,3)4/h5-7,10-11,15,17H,8-9,12-14H2,1-4H3,(H,21,24)/t15-,17-/m0/s1. The number of carbonyl (C=O) groups is 2. The highest BCUT2D eigenvalue weighted by atomic mass is 16.7. The van der Waals surface area contributed by atoms with Crippen molar-refractivity contribution in [1.29, 1.82) is 0 Å². The first-order chi connectivity index (χ1) is 12.3. The summed E-state index contributed by atoms with van der Waals surface area (Å²) in [7, 11) is 0. The van der Waals surface area contributed by atoms with Crippen LogP contribution < -0.4 is 5.32 Å².